The summed E-state index contributed by atoms with van der Waals surface area (Å²) < 4.78 is 4.88. The maximum absolute atomic E-state index is 9.33. The summed E-state index contributed by atoms with van der Waals surface area (Å²) in [7, 11) is 3.20. The van der Waals surface area contributed by atoms with E-state index in [9.17, 15) is 5.11 Å². The molecule has 1 aromatic carbocycles. The Morgan fingerprint density at radius 3 is 2.75 bits per heavy atom. The molecular weight excluding hydrogens is 154 g/mol. The molecule has 0 saturated carbocycles. The zero-order valence-corrected chi connectivity index (χ0v) is 7.11. The summed E-state index contributed by atoms with van der Waals surface area (Å²) in [5.41, 5.74) is 0.857. The highest BCUT2D eigenvalue weighted by Gasteiger charge is 1.99. The summed E-state index contributed by atoms with van der Waals surface area (Å²) in [4.78, 5) is 3.83. The Hall–Kier alpha value is -1.51. The van der Waals surface area contributed by atoms with Crippen LogP contribution in [0.25, 0.3) is 0 Å². The lowest BCUT2D eigenvalue weighted by molar-refractivity contribution is 0.373. The number of hydrogen-bond donors (Lipinski definition) is 1. The molecule has 0 unspecified atom stereocenters. The van der Waals surface area contributed by atoms with Crippen LogP contribution in [0.3, 0.4) is 0 Å². The summed E-state index contributed by atoms with van der Waals surface area (Å²) in [6.07, 6.45) is 1.67. The van der Waals surface area contributed by atoms with Crippen molar-refractivity contribution < 1.29 is 9.84 Å². The molecule has 3 nitrogen and oxygen atoms in total. The Labute approximate surface area is 71.3 Å². The standard InChI is InChI=1S/C9H11NO2/c1-10-6-7-3-4-9(12-2)8(11)5-7/h3-6,11H,1-2H3. The molecule has 0 aromatic heterocycles. The van der Waals surface area contributed by atoms with Gasteiger partial charge in [-0.2, -0.15) is 0 Å². The first-order valence-corrected chi connectivity index (χ1v) is 3.57. The van der Waals surface area contributed by atoms with Gasteiger partial charge in [0.1, 0.15) is 0 Å². The number of nitrogens with zero attached hydrogens (tertiary/aromatic N) is 1. The van der Waals surface area contributed by atoms with E-state index in [2.05, 4.69) is 4.99 Å². The van der Waals surface area contributed by atoms with Crippen molar-refractivity contribution in [3.8, 4) is 11.5 Å². The van der Waals surface area contributed by atoms with Crippen molar-refractivity contribution in [2.45, 2.75) is 0 Å². The van der Waals surface area contributed by atoms with Crippen molar-refractivity contribution in [3.05, 3.63) is 23.8 Å². The first kappa shape index (κ1) is 8.59. The van der Waals surface area contributed by atoms with E-state index in [1.54, 1.807) is 25.4 Å². The first-order chi connectivity index (χ1) is 5.77. The highest BCUT2D eigenvalue weighted by molar-refractivity contribution is 5.80. The van der Waals surface area contributed by atoms with Gasteiger partial charge in [0.2, 0.25) is 0 Å². The smallest absolute Gasteiger partial charge is 0.160 e. The highest BCUT2D eigenvalue weighted by atomic mass is 16.5. The first-order valence-electron chi connectivity index (χ1n) is 3.57. The Morgan fingerprint density at radius 2 is 2.25 bits per heavy atom. The molecule has 0 atom stereocenters. The number of ether oxygens (including phenoxy) is 1. The third-order valence-electron chi connectivity index (χ3n) is 1.48. The molecule has 3 heteroatoms. The van der Waals surface area contributed by atoms with Crippen LogP contribution in [0.1, 0.15) is 5.56 Å². The lowest BCUT2D eigenvalue weighted by atomic mass is 10.2. The second kappa shape index (κ2) is 3.76. The van der Waals surface area contributed by atoms with Crippen LogP contribution in [-0.4, -0.2) is 25.5 Å². The van der Waals surface area contributed by atoms with Crippen molar-refractivity contribution in [2.75, 3.05) is 14.2 Å². The zero-order valence-electron chi connectivity index (χ0n) is 7.11. The van der Waals surface area contributed by atoms with Crippen LogP contribution in [0.15, 0.2) is 23.2 Å². The van der Waals surface area contributed by atoms with Gasteiger partial charge in [0.25, 0.3) is 0 Å². The van der Waals surface area contributed by atoms with Crippen molar-refractivity contribution in [1.82, 2.24) is 0 Å². The number of aromatic hydroxyl groups is 1. The van der Waals surface area contributed by atoms with Crippen LogP contribution in [0.2, 0.25) is 0 Å². The van der Waals surface area contributed by atoms with Gasteiger partial charge in [-0.3, -0.25) is 4.99 Å². The molecular formula is C9H11NO2. The predicted molar refractivity (Wildman–Crippen MR) is 48.2 cm³/mol. The third-order valence-corrected chi connectivity index (χ3v) is 1.48. The van der Waals surface area contributed by atoms with E-state index in [0.717, 1.165) is 5.56 Å². The Morgan fingerprint density at radius 1 is 1.50 bits per heavy atom. The van der Waals surface area contributed by atoms with Gasteiger partial charge in [-0.1, -0.05) is 0 Å². The van der Waals surface area contributed by atoms with E-state index in [0.29, 0.717) is 5.75 Å². The van der Waals surface area contributed by atoms with Gasteiger partial charge >= 0.3 is 0 Å². The average Bonchev–Trinajstić information content (AvgIpc) is 2.05. The number of phenols is 1. The van der Waals surface area contributed by atoms with Crippen LogP contribution < -0.4 is 4.74 Å². The van der Waals surface area contributed by atoms with Gasteiger partial charge in [-0.05, 0) is 23.8 Å². The molecule has 0 saturated heterocycles. The van der Waals surface area contributed by atoms with Crippen LogP contribution in [0.4, 0.5) is 0 Å². The Balaban J connectivity index is 3.01. The van der Waals surface area contributed by atoms with Gasteiger partial charge in [-0.15, -0.1) is 0 Å². The van der Waals surface area contributed by atoms with E-state index in [1.807, 2.05) is 6.07 Å². The minimum atomic E-state index is 0.134. The van der Waals surface area contributed by atoms with Gasteiger partial charge < -0.3 is 9.84 Å². The molecule has 0 bridgehead atoms. The van der Waals surface area contributed by atoms with E-state index in [-0.39, 0.29) is 5.75 Å². The van der Waals surface area contributed by atoms with Gasteiger partial charge in [0.05, 0.1) is 7.11 Å². The largest absolute Gasteiger partial charge is 0.504 e. The zero-order chi connectivity index (χ0) is 8.97. The normalized spacial score (nSPS) is 10.5. The van der Waals surface area contributed by atoms with E-state index in [4.69, 9.17) is 4.74 Å². The molecule has 0 fully saturated rings. The fraction of sp³-hybridized carbons (Fsp3) is 0.222. The van der Waals surface area contributed by atoms with Gasteiger partial charge in [0.15, 0.2) is 11.5 Å². The number of hydrogen-bond acceptors (Lipinski definition) is 3. The lowest BCUT2D eigenvalue weighted by Gasteiger charge is -2.02. The SMILES string of the molecule is CN=Cc1ccc(OC)c(O)c1. The quantitative estimate of drug-likeness (QED) is 0.674. The summed E-state index contributed by atoms with van der Waals surface area (Å²) in [5.74, 6) is 0.609. The van der Waals surface area contributed by atoms with Crippen LogP contribution in [-0.2, 0) is 0 Å². The van der Waals surface area contributed by atoms with Crippen molar-refractivity contribution >= 4 is 6.21 Å². The molecule has 0 aliphatic carbocycles. The number of phenolic OH excluding ortho intramolecular Hbond substituents is 1. The molecule has 12 heavy (non-hydrogen) atoms. The lowest BCUT2D eigenvalue weighted by Crippen LogP contribution is -1.85. The van der Waals surface area contributed by atoms with Crippen LogP contribution >= 0.6 is 0 Å². The average molecular weight is 165 g/mol. The van der Waals surface area contributed by atoms with Crippen molar-refractivity contribution in [3.63, 3.8) is 0 Å². The fourth-order valence-electron chi connectivity index (χ4n) is 0.936. The number of benzene rings is 1. The Bertz CT molecular complexity index is 295. The summed E-state index contributed by atoms with van der Waals surface area (Å²) in [6.45, 7) is 0. The van der Waals surface area contributed by atoms with Crippen molar-refractivity contribution in [1.29, 1.82) is 0 Å². The Kier molecular flexibility index (Phi) is 2.69. The number of methoxy groups -OCH3 is 1. The molecule has 0 amide bonds. The molecule has 1 aromatic rings. The monoisotopic (exact) mass is 165 g/mol. The van der Waals surface area contributed by atoms with E-state index in [1.165, 1.54) is 7.11 Å². The number of rotatable bonds is 2. The van der Waals surface area contributed by atoms with E-state index >= 15 is 0 Å². The summed E-state index contributed by atoms with van der Waals surface area (Å²) in [6, 6.07) is 5.13. The molecule has 0 aliphatic rings. The molecule has 0 aliphatic heterocycles. The predicted octanol–water partition coefficient (Wildman–Crippen LogP) is 1.45. The molecule has 0 spiro atoms. The molecule has 0 heterocycles. The maximum Gasteiger partial charge on any atom is 0.160 e. The summed E-state index contributed by atoms with van der Waals surface area (Å²) >= 11 is 0. The van der Waals surface area contributed by atoms with Crippen LogP contribution in [0, 0.1) is 0 Å². The topological polar surface area (TPSA) is 41.8 Å². The fourth-order valence-corrected chi connectivity index (χ4v) is 0.936. The van der Waals surface area contributed by atoms with Crippen molar-refractivity contribution in [2.24, 2.45) is 4.99 Å². The molecule has 1 rings (SSSR count). The molecule has 0 radical (unpaired) electrons. The third kappa shape index (κ3) is 1.75. The summed E-state index contributed by atoms with van der Waals surface area (Å²) in [5, 5.41) is 9.33. The molecule has 1 N–H and O–H groups in total. The highest BCUT2D eigenvalue weighted by Crippen LogP contribution is 2.25. The van der Waals surface area contributed by atoms with E-state index < -0.39 is 0 Å². The second-order valence-corrected chi connectivity index (χ2v) is 2.32. The van der Waals surface area contributed by atoms with Gasteiger partial charge in [-0.25, -0.2) is 0 Å². The number of aliphatic imine (C=N–C) groups is 1. The minimum absolute atomic E-state index is 0.134. The molecule has 64 valence electrons. The van der Waals surface area contributed by atoms with Gasteiger partial charge in [0, 0.05) is 13.3 Å². The minimum Gasteiger partial charge on any atom is -0.504 e. The maximum atomic E-state index is 9.33. The van der Waals surface area contributed by atoms with Crippen LogP contribution in [0.5, 0.6) is 11.5 Å². The second-order valence-electron chi connectivity index (χ2n) is 2.32.